The number of para-hydroxylation sites is 2. The van der Waals surface area contributed by atoms with Gasteiger partial charge in [0.2, 0.25) is 0 Å². The van der Waals surface area contributed by atoms with Gasteiger partial charge < -0.3 is 4.74 Å². The predicted octanol–water partition coefficient (Wildman–Crippen LogP) is 5.69. The van der Waals surface area contributed by atoms with Gasteiger partial charge in [-0.1, -0.05) is 36.4 Å². The highest BCUT2D eigenvalue weighted by Crippen LogP contribution is 2.61. The Kier molecular flexibility index (Phi) is 5.76. The fraction of sp³-hybridized carbons (Fsp3) is 0.375. The number of rotatable bonds is 6. The van der Waals surface area contributed by atoms with E-state index in [0.717, 1.165) is 54.0 Å². The number of carbonyl (C=O) groups is 2. The molecule has 4 saturated carbocycles. The molecule has 1 amide bonds. The van der Waals surface area contributed by atoms with Crippen molar-refractivity contribution in [1.82, 2.24) is 9.78 Å². The van der Waals surface area contributed by atoms with Gasteiger partial charge in [-0.25, -0.2) is 4.68 Å². The van der Waals surface area contributed by atoms with Crippen molar-refractivity contribution < 1.29 is 14.3 Å². The number of benzene rings is 2. The molecule has 8 rings (SSSR count). The molecule has 4 bridgehead atoms. The molecule has 0 saturated heterocycles. The molecule has 2 aromatic carbocycles. The van der Waals surface area contributed by atoms with Crippen molar-refractivity contribution in [1.29, 1.82) is 0 Å². The number of nitrogens with zero attached hydrogens (tertiary/aromatic N) is 4. The van der Waals surface area contributed by atoms with Crippen LogP contribution >= 0.6 is 0 Å². The normalized spacial score (nSPS) is 28.3. The molecule has 7 heteroatoms. The largest absolute Gasteiger partial charge is 0.469 e. The smallest absolute Gasteiger partial charge is 0.311 e. The van der Waals surface area contributed by atoms with Gasteiger partial charge in [0.25, 0.3) is 5.91 Å². The number of anilines is 1. The molecule has 1 aromatic heterocycles. The molecule has 0 N–H and O–H groups in total. The molecule has 0 atom stereocenters. The summed E-state index contributed by atoms with van der Waals surface area (Å²) < 4.78 is 6.89. The minimum atomic E-state index is -0.427. The topological polar surface area (TPSA) is 76.8 Å². The van der Waals surface area contributed by atoms with Gasteiger partial charge in [0.1, 0.15) is 0 Å². The van der Waals surface area contributed by atoms with E-state index < -0.39 is 5.97 Å². The zero-order valence-corrected chi connectivity index (χ0v) is 22.1. The van der Waals surface area contributed by atoms with Crippen molar-refractivity contribution in [2.75, 3.05) is 12.1 Å². The lowest BCUT2D eigenvalue weighted by molar-refractivity contribution is -0.139. The van der Waals surface area contributed by atoms with Gasteiger partial charge in [-0.15, -0.1) is 0 Å². The third kappa shape index (κ3) is 4.20. The second kappa shape index (κ2) is 9.33. The van der Waals surface area contributed by atoms with Crippen LogP contribution in [-0.2, 0) is 19.7 Å². The number of methoxy groups -OCH3 is 1. The van der Waals surface area contributed by atoms with Crippen LogP contribution in [0.2, 0.25) is 0 Å². The number of hydrogen-bond donors (Lipinski definition) is 0. The van der Waals surface area contributed by atoms with Crippen LogP contribution in [-0.4, -0.2) is 34.5 Å². The van der Waals surface area contributed by atoms with Crippen molar-refractivity contribution in [3.63, 3.8) is 0 Å². The Morgan fingerprint density at radius 1 is 0.949 bits per heavy atom. The van der Waals surface area contributed by atoms with E-state index in [0.29, 0.717) is 17.0 Å². The van der Waals surface area contributed by atoms with Crippen LogP contribution in [0.1, 0.15) is 56.2 Å². The Morgan fingerprint density at radius 3 is 2.13 bits per heavy atom. The maximum atomic E-state index is 13.8. The van der Waals surface area contributed by atoms with Crippen LogP contribution in [0.5, 0.6) is 0 Å². The zero-order chi connectivity index (χ0) is 26.6. The van der Waals surface area contributed by atoms with Crippen LogP contribution < -0.4 is 5.01 Å². The van der Waals surface area contributed by atoms with E-state index in [4.69, 9.17) is 9.84 Å². The van der Waals surface area contributed by atoms with Gasteiger partial charge in [0.05, 0.1) is 41.9 Å². The average Bonchev–Trinajstić information content (AvgIpc) is 3.51. The summed E-state index contributed by atoms with van der Waals surface area (Å²) in [6.45, 7) is 0. The number of aromatic nitrogens is 2. The fourth-order valence-corrected chi connectivity index (χ4v) is 7.86. The first kappa shape index (κ1) is 24.1. The minimum Gasteiger partial charge on any atom is -0.469 e. The fourth-order valence-electron chi connectivity index (χ4n) is 7.86. The number of amides is 1. The van der Waals surface area contributed by atoms with E-state index in [1.165, 1.54) is 31.4 Å². The molecular formula is C32H32N4O3. The van der Waals surface area contributed by atoms with Gasteiger partial charge in [-0.2, -0.15) is 15.2 Å². The van der Waals surface area contributed by atoms with Gasteiger partial charge in [0, 0.05) is 17.2 Å². The molecule has 198 valence electrons. The molecule has 0 radical (unpaired) electrons. The number of hydrogen-bond acceptors (Lipinski definition) is 5. The number of carbonyl (C=O) groups excluding carboxylic acids is 2. The molecule has 1 aliphatic heterocycles. The SMILES string of the molecule is COC(=O)CC1=NN(c2ccccc2)C(=O)/C1=C\c1cn(-c2ccccc2)nc1C12CC3CC(CC(C3)C1)C2. The molecule has 2 heterocycles. The molecule has 5 aliphatic rings. The van der Waals surface area contributed by atoms with Crippen LogP contribution in [0.3, 0.4) is 0 Å². The molecular weight excluding hydrogens is 488 g/mol. The summed E-state index contributed by atoms with van der Waals surface area (Å²) in [6.07, 6.45) is 11.4. The highest BCUT2D eigenvalue weighted by atomic mass is 16.5. The minimum absolute atomic E-state index is 0.0294. The molecule has 4 aliphatic carbocycles. The van der Waals surface area contributed by atoms with Crippen molar-refractivity contribution in [2.24, 2.45) is 22.9 Å². The summed E-state index contributed by atoms with van der Waals surface area (Å²) in [5.74, 6) is 1.61. The van der Waals surface area contributed by atoms with E-state index in [1.807, 2.05) is 65.5 Å². The Bertz CT molecular complexity index is 1450. The first-order valence-electron chi connectivity index (χ1n) is 13.9. The molecule has 3 aromatic rings. The summed E-state index contributed by atoms with van der Waals surface area (Å²) in [7, 11) is 1.35. The lowest BCUT2D eigenvalue weighted by Crippen LogP contribution is -2.49. The highest BCUT2D eigenvalue weighted by molar-refractivity contribution is 6.34. The Labute approximate surface area is 228 Å². The van der Waals surface area contributed by atoms with Crippen molar-refractivity contribution in [3.8, 4) is 5.69 Å². The third-order valence-electron chi connectivity index (χ3n) is 9.10. The van der Waals surface area contributed by atoms with Crippen LogP contribution in [0, 0.1) is 17.8 Å². The number of hydrazone groups is 1. The first-order valence-corrected chi connectivity index (χ1v) is 13.9. The molecule has 4 fully saturated rings. The molecule has 0 spiro atoms. The highest BCUT2D eigenvalue weighted by Gasteiger charge is 2.53. The van der Waals surface area contributed by atoms with Crippen molar-refractivity contribution in [3.05, 3.63) is 83.7 Å². The Morgan fingerprint density at radius 2 is 1.54 bits per heavy atom. The summed E-state index contributed by atoms with van der Waals surface area (Å²) in [5.41, 5.74) is 4.54. The van der Waals surface area contributed by atoms with Gasteiger partial charge in [0.15, 0.2) is 0 Å². The monoisotopic (exact) mass is 520 g/mol. The Hall–Kier alpha value is -4.00. The van der Waals surface area contributed by atoms with Crippen molar-refractivity contribution in [2.45, 2.75) is 50.4 Å². The number of ether oxygens (including phenoxy) is 1. The van der Waals surface area contributed by atoms with Gasteiger partial charge in [-0.3, -0.25) is 9.59 Å². The lowest BCUT2D eigenvalue weighted by Gasteiger charge is -2.56. The second-order valence-electron chi connectivity index (χ2n) is 11.7. The summed E-state index contributed by atoms with van der Waals surface area (Å²) in [6, 6.07) is 19.4. The summed E-state index contributed by atoms with van der Waals surface area (Å²) in [5, 5.41) is 11.2. The van der Waals surface area contributed by atoms with Gasteiger partial charge >= 0.3 is 5.97 Å². The van der Waals surface area contributed by atoms with Gasteiger partial charge in [-0.05, 0) is 86.6 Å². The van der Waals surface area contributed by atoms with Crippen LogP contribution in [0.25, 0.3) is 11.8 Å². The van der Waals surface area contributed by atoms with Crippen LogP contribution in [0.15, 0.2) is 77.5 Å². The first-order chi connectivity index (χ1) is 19.0. The number of esters is 1. The quantitative estimate of drug-likeness (QED) is 0.309. The van der Waals surface area contributed by atoms with Crippen LogP contribution in [0.4, 0.5) is 5.69 Å². The standard InChI is InChI=1S/C32H32N4O3/c1-39-29(37)16-28-27(31(38)36(33-28)26-10-6-3-7-11-26)15-24-20-35(25-8-4-2-5-9-25)34-30(24)32-17-21-12-22(18-32)14-23(13-21)19-32/h2-11,15,20-23H,12-14,16-19H2,1H3/b27-15-. The molecule has 0 unspecified atom stereocenters. The van der Waals surface area contributed by atoms with E-state index in [1.54, 1.807) is 0 Å². The van der Waals surface area contributed by atoms with Crippen molar-refractivity contribution >= 4 is 29.4 Å². The summed E-state index contributed by atoms with van der Waals surface area (Å²) >= 11 is 0. The maximum absolute atomic E-state index is 13.8. The zero-order valence-electron chi connectivity index (χ0n) is 22.1. The lowest BCUT2D eigenvalue weighted by atomic mass is 9.48. The van der Waals surface area contributed by atoms with E-state index >= 15 is 0 Å². The maximum Gasteiger partial charge on any atom is 0.311 e. The Balaban J connectivity index is 1.35. The molecule has 39 heavy (non-hydrogen) atoms. The molecule has 7 nitrogen and oxygen atoms in total. The van der Waals surface area contributed by atoms with E-state index in [-0.39, 0.29) is 17.7 Å². The third-order valence-corrected chi connectivity index (χ3v) is 9.10. The van der Waals surface area contributed by atoms with E-state index in [2.05, 4.69) is 17.2 Å². The summed E-state index contributed by atoms with van der Waals surface area (Å²) in [4.78, 5) is 26.1. The predicted molar refractivity (Wildman–Crippen MR) is 149 cm³/mol. The second-order valence-corrected chi connectivity index (χ2v) is 11.7. The van der Waals surface area contributed by atoms with E-state index in [9.17, 15) is 9.59 Å². The average molecular weight is 521 g/mol.